The Kier molecular flexibility index (Phi) is 6.86. The second-order valence-corrected chi connectivity index (χ2v) is 5.67. The lowest BCUT2D eigenvalue weighted by atomic mass is 9.82. The minimum absolute atomic E-state index is 0.592. The summed E-state index contributed by atoms with van der Waals surface area (Å²) >= 11 is 0. The van der Waals surface area contributed by atoms with Crippen molar-refractivity contribution < 1.29 is 0 Å². The molecule has 0 aliphatic rings. The van der Waals surface area contributed by atoms with Gasteiger partial charge in [0.2, 0.25) is 0 Å². The third kappa shape index (κ3) is 4.83. The third-order valence-electron chi connectivity index (χ3n) is 4.10. The molecule has 1 nitrogen and oxygen atoms in total. The summed E-state index contributed by atoms with van der Waals surface area (Å²) in [4.78, 5) is 0. The average molecular weight is 259 g/mol. The first-order chi connectivity index (χ1) is 9.10. The van der Waals surface area contributed by atoms with Crippen LogP contribution in [0.5, 0.6) is 0 Å². The number of hydrogen-bond donors (Lipinski definition) is 1. The molecular weight excluding hydrogens is 230 g/mol. The summed E-state index contributed by atoms with van der Waals surface area (Å²) in [6, 6.07) is 8.88. The first kappa shape index (κ1) is 16.0. The fourth-order valence-electron chi connectivity index (χ4n) is 2.67. The van der Waals surface area contributed by atoms with Gasteiger partial charge >= 0.3 is 0 Å². The van der Waals surface area contributed by atoms with Gasteiger partial charge < -0.3 is 5.73 Å². The number of hydrogen-bond acceptors (Lipinski definition) is 1. The Morgan fingerprint density at radius 2 is 1.84 bits per heavy atom. The SMILES string of the molecule is C=C(C)c1ccc(C(C)C(CCN)CCCC)cc1. The molecule has 2 unspecified atom stereocenters. The Labute approximate surface area is 118 Å². The van der Waals surface area contributed by atoms with Gasteiger partial charge in [0.25, 0.3) is 0 Å². The van der Waals surface area contributed by atoms with Gasteiger partial charge in [0.1, 0.15) is 0 Å². The Morgan fingerprint density at radius 3 is 2.32 bits per heavy atom. The van der Waals surface area contributed by atoms with E-state index in [-0.39, 0.29) is 0 Å². The van der Waals surface area contributed by atoms with Gasteiger partial charge in [0.15, 0.2) is 0 Å². The minimum Gasteiger partial charge on any atom is -0.330 e. The van der Waals surface area contributed by atoms with Gasteiger partial charge in [-0.05, 0) is 49.3 Å². The fraction of sp³-hybridized carbons (Fsp3) is 0.556. The van der Waals surface area contributed by atoms with Gasteiger partial charge in [0.05, 0.1) is 0 Å². The number of benzene rings is 1. The van der Waals surface area contributed by atoms with Crippen molar-refractivity contribution in [3.63, 3.8) is 0 Å². The number of rotatable bonds is 8. The zero-order valence-electron chi connectivity index (χ0n) is 12.8. The van der Waals surface area contributed by atoms with Gasteiger partial charge in [-0.3, -0.25) is 0 Å². The first-order valence-corrected chi connectivity index (χ1v) is 7.56. The Hall–Kier alpha value is -1.08. The van der Waals surface area contributed by atoms with Gasteiger partial charge in [-0.15, -0.1) is 0 Å². The molecule has 1 aromatic rings. The smallest absolute Gasteiger partial charge is 0.00744 e. The van der Waals surface area contributed by atoms with E-state index in [0.717, 1.165) is 18.5 Å². The van der Waals surface area contributed by atoms with E-state index in [4.69, 9.17) is 5.73 Å². The summed E-state index contributed by atoms with van der Waals surface area (Å²) in [6.45, 7) is 11.4. The molecule has 106 valence electrons. The van der Waals surface area contributed by atoms with Crippen LogP contribution in [0.4, 0.5) is 0 Å². The van der Waals surface area contributed by atoms with E-state index < -0.39 is 0 Å². The standard InChI is InChI=1S/C18H29N/c1-5-6-7-17(12-13-19)15(4)18-10-8-16(9-11-18)14(2)3/h8-11,15,17H,2,5-7,12-13,19H2,1,3-4H3. The molecular formula is C18H29N. The second-order valence-electron chi connectivity index (χ2n) is 5.67. The molecule has 0 amide bonds. The monoisotopic (exact) mass is 259 g/mol. The van der Waals surface area contributed by atoms with E-state index >= 15 is 0 Å². The molecule has 0 bridgehead atoms. The lowest BCUT2D eigenvalue weighted by molar-refractivity contribution is 0.380. The minimum atomic E-state index is 0.592. The van der Waals surface area contributed by atoms with E-state index in [1.807, 2.05) is 0 Å². The summed E-state index contributed by atoms with van der Waals surface area (Å²) in [6.07, 6.45) is 4.99. The predicted octanol–water partition coefficient (Wildman–Crippen LogP) is 4.98. The van der Waals surface area contributed by atoms with Crippen LogP contribution in [0.3, 0.4) is 0 Å². The van der Waals surface area contributed by atoms with Crippen LogP contribution >= 0.6 is 0 Å². The summed E-state index contributed by atoms with van der Waals surface area (Å²) in [5.41, 5.74) is 9.56. The van der Waals surface area contributed by atoms with E-state index in [1.54, 1.807) is 0 Å². The highest BCUT2D eigenvalue weighted by Gasteiger charge is 2.17. The molecule has 0 heterocycles. The number of allylic oxidation sites excluding steroid dienone is 1. The highest BCUT2D eigenvalue weighted by molar-refractivity contribution is 5.61. The van der Waals surface area contributed by atoms with Crippen LogP contribution in [0.2, 0.25) is 0 Å². The van der Waals surface area contributed by atoms with E-state index in [9.17, 15) is 0 Å². The maximum atomic E-state index is 5.77. The molecule has 1 heteroatoms. The Balaban J connectivity index is 2.77. The second kappa shape index (κ2) is 8.16. The fourth-order valence-corrected chi connectivity index (χ4v) is 2.67. The van der Waals surface area contributed by atoms with Crippen LogP contribution in [0.25, 0.3) is 5.57 Å². The zero-order valence-corrected chi connectivity index (χ0v) is 12.8. The van der Waals surface area contributed by atoms with Crippen molar-refractivity contribution in [2.45, 2.75) is 52.4 Å². The van der Waals surface area contributed by atoms with Crippen LogP contribution in [-0.2, 0) is 0 Å². The van der Waals surface area contributed by atoms with Crippen LogP contribution in [0.15, 0.2) is 30.8 Å². The van der Waals surface area contributed by atoms with Crippen molar-refractivity contribution in [2.75, 3.05) is 6.54 Å². The van der Waals surface area contributed by atoms with Crippen molar-refractivity contribution in [3.05, 3.63) is 42.0 Å². The van der Waals surface area contributed by atoms with Crippen LogP contribution < -0.4 is 5.73 Å². The molecule has 0 radical (unpaired) electrons. The van der Waals surface area contributed by atoms with Gasteiger partial charge in [-0.1, -0.05) is 63.1 Å². The molecule has 0 aliphatic carbocycles. The van der Waals surface area contributed by atoms with Crippen LogP contribution in [0.1, 0.15) is 63.5 Å². The summed E-state index contributed by atoms with van der Waals surface area (Å²) in [5, 5.41) is 0. The molecule has 2 atom stereocenters. The molecule has 0 saturated carbocycles. The lowest BCUT2D eigenvalue weighted by Gasteiger charge is -2.24. The van der Waals surface area contributed by atoms with Crippen LogP contribution in [0, 0.1) is 5.92 Å². The number of unbranched alkanes of at least 4 members (excludes halogenated alkanes) is 1. The zero-order chi connectivity index (χ0) is 14.3. The Bertz CT molecular complexity index is 377. The van der Waals surface area contributed by atoms with Crippen molar-refractivity contribution in [3.8, 4) is 0 Å². The normalized spacial score (nSPS) is 14.1. The third-order valence-corrected chi connectivity index (χ3v) is 4.10. The van der Waals surface area contributed by atoms with Crippen molar-refractivity contribution in [1.29, 1.82) is 0 Å². The highest BCUT2D eigenvalue weighted by Crippen LogP contribution is 2.31. The summed E-state index contributed by atoms with van der Waals surface area (Å²) in [5.74, 6) is 1.30. The molecule has 1 rings (SSSR count). The van der Waals surface area contributed by atoms with Crippen molar-refractivity contribution >= 4 is 5.57 Å². The van der Waals surface area contributed by atoms with Gasteiger partial charge in [-0.2, -0.15) is 0 Å². The maximum absolute atomic E-state index is 5.77. The quantitative estimate of drug-likeness (QED) is 0.700. The van der Waals surface area contributed by atoms with Gasteiger partial charge in [0, 0.05) is 0 Å². The largest absolute Gasteiger partial charge is 0.330 e. The van der Waals surface area contributed by atoms with E-state index in [1.165, 1.54) is 30.4 Å². The highest BCUT2D eigenvalue weighted by atomic mass is 14.5. The summed E-state index contributed by atoms with van der Waals surface area (Å²) < 4.78 is 0. The van der Waals surface area contributed by atoms with Gasteiger partial charge in [-0.25, -0.2) is 0 Å². The van der Waals surface area contributed by atoms with Crippen molar-refractivity contribution in [2.24, 2.45) is 11.7 Å². The number of nitrogens with two attached hydrogens (primary N) is 1. The topological polar surface area (TPSA) is 26.0 Å². The molecule has 2 N–H and O–H groups in total. The first-order valence-electron chi connectivity index (χ1n) is 7.56. The lowest BCUT2D eigenvalue weighted by Crippen LogP contribution is -2.15. The molecule has 0 aliphatic heterocycles. The average Bonchev–Trinajstić information content (AvgIpc) is 2.42. The molecule has 1 aromatic carbocycles. The molecule has 0 spiro atoms. The summed E-state index contributed by atoms with van der Waals surface area (Å²) in [7, 11) is 0. The van der Waals surface area contributed by atoms with E-state index in [0.29, 0.717) is 11.8 Å². The predicted molar refractivity (Wildman–Crippen MR) is 86.3 cm³/mol. The molecule has 0 fully saturated rings. The molecule has 0 saturated heterocycles. The van der Waals surface area contributed by atoms with Crippen LogP contribution in [-0.4, -0.2) is 6.54 Å². The molecule has 0 aromatic heterocycles. The molecule has 19 heavy (non-hydrogen) atoms. The van der Waals surface area contributed by atoms with Crippen molar-refractivity contribution in [1.82, 2.24) is 0 Å². The Morgan fingerprint density at radius 1 is 1.21 bits per heavy atom. The maximum Gasteiger partial charge on any atom is -0.00744 e. The van der Waals surface area contributed by atoms with E-state index in [2.05, 4.69) is 51.6 Å².